The van der Waals surface area contributed by atoms with Gasteiger partial charge in [0.05, 0.1) is 11.3 Å². The number of carbonyl (C=O) groups is 1. The van der Waals surface area contributed by atoms with Gasteiger partial charge in [-0.15, -0.1) is 0 Å². The molecule has 1 aromatic rings. The number of nitrogens with zero attached hydrogens (tertiary/aromatic N) is 1. The molecule has 0 amide bonds. The summed E-state index contributed by atoms with van der Waals surface area (Å²) in [5.41, 5.74) is 3.43. The zero-order valence-electron chi connectivity index (χ0n) is 9.36. The van der Waals surface area contributed by atoms with Crippen molar-refractivity contribution >= 4 is 17.8 Å². The van der Waals surface area contributed by atoms with E-state index in [2.05, 4.69) is 29.0 Å². The summed E-state index contributed by atoms with van der Waals surface area (Å²) in [7, 11) is 0. The Balaban J connectivity index is 2.28. The third kappa shape index (κ3) is 2.03. The van der Waals surface area contributed by atoms with Gasteiger partial charge in [-0.25, -0.2) is 4.79 Å². The van der Waals surface area contributed by atoms with Crippen LogP contribution in [0.5, 0.6) is 0 Å². The van der Waals surface area contributed by atoms with Crippen LogP contribution >= 0.6 is 0 Å². The zero-order valence-corrected chi connectivity index (χ0v) is 9.36. The standard InChI is InChI=1S/C13H13NO2/c1-3-10-4-6-11(7-5-10)8-12-9(2)14-16-13(12)15/h4-8H,3H2,1-2H3/b12-8+. The van der Waals surface area contributed by atoms with E-state index in [-0.39, 0.29) is 5.97 Å². The highest BCUT2D eigenvalue weighted by Gasteiger charge is 2.21. The van der Waals surface area contributed by atoms with Crippen LogP contribution < -0.4 is 0 Å². The van der Waals surface area contributed by atoms with Gasteiger partial charge in [-0.05, 0) is 30.5 Å². The van der Waals surface area contributed by atoms with Gasteiger partial charge < -0.3 is 4.84 Å². The van der Waals surface area contributed by atoms with Crippen LogP contribution in [0.2, 0.25) is 0 Å². The van der Waals surface area contributed by atoms with Crippen LogP contribution in [-0.2, 0) is 16.1 Å². The van der Waals surface area contributed by atoms with E-state index < -0.39 is 0 Å². The van der Waals surface area contributed by atoms with Crippen LogP contribution in [0.3, 0.4) is 0 Å². The maximum Gasteiger partial charge on any atom is 0.367 e. The normalized spacial score (nSPS) is 17.5. The van der Waals surface area contributed by atoms with Crippen LogP contribution in [0.25, 0.3) is 6.08 Å². The minimum atomic E-state index is -0.378. The van der Waals surface area contributed by atoms with E-state index in [4.69, 9.17) is 0 Å². The topological polar surface area (TPSA) is 38.7 Å². The summed E-state index contributed by atoms with van der Waals surface area (Å²) in [6.07, 6.45) is 2.81. The lowest BCUT2D eigenvalue weighted by Crippen LogP contribution is -2.01. The van der Waals surface area contributed by atoms with Crippen molar-refractivity contribution < 1.29 is 9.63 Å². The SMILES string of the molecule is CCc1ccc(/C=C2/C(=O)ON=C2C)cc1. The molecule has 0 saturated heterocycles. The van der Waals surface area contributed by atoms with Crippen LogP contribution in [0.4, 0.5) is 0 Å². The van der Waals surface area contributed by atoms with E-state index in [9.17, 15) is 4.79 Å². The predicted octanol–water partition coefficient (Wildman–Crippen LogP) is 2.57. The molecule has 0 fully saturated rings. The molecule has 0 radical (unpaired) electrons. The first-order valence-electron chi connectivity index (χ1n) is 5.27. The van der Waals surface area contributed by atoms with Gasteiger partial charge in [0, 0.05) is 0 Å². The Morgan fingerprint density at radius 1 is 1.31 bits per heavy atom. The molecule has 82 valence electrons. The molecule has 0 saturated carbocycles. The number of aryl methyl sites for hydroxylation is 1. The summed E-state index contributed by atoms with van der Waals surface area (Å²) in [4.78, 5) is 15.9. The second-order valence-corrected chi connectivity index (χ2v) is 3.71. The van der Waals surface area contributed by atoms with E-state index in [1.807, 2.05) is 12.1 Å². The maximum absolute atomic E-state index is 11.3. The first kappa shape index (κ1) is 10.6. The van der Waals surface area contributed by atoms with E-state index in [1.54, 1.807) is 13.0 Å². The minimum Gasteiger partial charge on any atom is -0.312 e. The molecule has 1 heterocycles. The fraction of sp³-hybridized carbons (Fsp3) is 0.231. The molecule has 0 unspecified atom stereocenters. The zero-order chi connectivity index (χ0) is 11.5. The predicted molar refractivity (Wildman–Crippen MR) is 63.0 cm³/mol. The van der Waals surface area contributed by atoms with Crippen LogP contribution in [0.1, 0.15) is 25.0 Å². The number of benzene rings is 1. The van der Waals surface area contributed by atoms with E-state index in [1.165, 1.54) is 5.56 Å². The molecule has 0 atom stereocenters. The first-order valence-corrected chi connectivity index (χ1v) is 5.27. The van der Waals surface area contributed by atoms with Crippen molar-refractivity contribution in [2.45, 2.75) is 20.3 Å². The highest BCUT2D eigenvalue weighted by Crippen LogP contribution is 2.15. The molecular formula is C13H13NO2. The fourth-order valence-corrected chi connectivity index (χ4v) is 1.54. The van der Waals surface area contributed by atoms with Crippen molar-refractivity contribution in [3.8, 4) is 0 Å². The average molecular weight is 215 g/mol. The van der Waals surface area contributed by atoms with Crippen molar-refractivity contribution in [1.29, 1.82) is 0 Å². The second kappa shape index (κ2) is 4.31. The number of rotatable bonds is 2. The number of oxime groups is 1. The third-order valence-corrected chi connectivity index (χ3v) is 2.57. The summed E-state index contributed by atoms with van der Waals surface area (Å²) in [5.74, 6) is -0.378. The third-order valence-electron chi connectivity index (χ3n) is 2.57. The Morgan fingerprint density at radius 2 is 2.00 bits per heavy atom. The Bertz CT molecular complexity index is 469. The van der Waals surface area contributed by atoms with Crippen molar-refractivity contribution in [2.75, 3.05) is 0 Å². The van der Waals surface area contributed by atoms with Gasteiger partial charge in [-0.2, -0.15) is 0 Å². The smallest absolute Gasteiger partial charge is 0.312 e. The van der Waals surface area contributed by atoms with Crippen LogP contribution in [-0.4, -0.2) is 11.7 Å². The Kier molecular flexibility index (Phi) is 2.86. The van der Waals surface area contributed by atoms with E-state index in [0.717, 1.165) is 12.0 Å². The van der Waals surface area contributed by atoms with Crippen molar-refractivity contribution in [1.82, 2.24) is 0 Å². The average Bonchev–Trinajstić information content (AvgIpc) is 2.62. The lowest BCUT2D eigenvalue weighted by molar-refractivity contribution is -0.136. The Labute approximate surface area is 94.4 Å². The number of hydrogen-bond donors (Lipinski definition) is 0. The summed E-state index contributed by atoms with van der Waals surface area (Å²) >= 11 is 0. The minimum absolute atomic E-state index is 0.378. The molecule has 0 aromatic heterocycles. The molecule has 2 rings (SSSR count). The molecular weight excluding hydrogens is 202 g/mol. The highest BCUT2D eigenvalue weighted by molar-refractivity contribution is 6.24. The lowest BCUT2D eigenvalue weighted by atomic mass is 10.1. The van der Waals surface area contributed by atoms with Gasteiger partial charge in [-0.3, -0.25) is 0 Å². The summed E-state index contributed by atoms with van der Waals surface area (Å²) in [6.45, 7) is 3.87. The van der Waals surface area contributed by atoms with Crippen LogP contribution in [0, 0.1) is 0 Å². The van der Waals surface area contributed by atoms with E-state index in [0.29, 0.717) is 11.3 Å². The van der Waals surface area contributed by atoms with Gasteiger partial charge in [0.1, 0.15) is 0 Å². The van der Waals surface area contributed by atoms with Crippen molar-refractivity contribution in [2.24, 2.45) is 5.16 Å². The summed E-state index contributed by atoms with van der Waals surface area (Å²) in [5, 5.41) is 3.63. The fourth-order valence-electron chi connectivity index (χ4n) is 1.54. The molecule has 0 N–H and O–H groups in total. The lowest BCUT2D eigenvalue weighted by Gasteiger charge is -1.98. The summed E-state index contributed by atoms with van der Waals surface area (Å²) in [6, 6.07) is 8.09. The number of hydrogen-bond acceptors (Lipinski definition) is 3. The van der Waals surface area contributed by atoms with Gasteiger partial charge >= 0.3 is 5.97 Å². The first-order chi connectivity index (χ1) is 7.70. The van der Waals surface area contributed by atoms with E-state index >= 15 is 0 Å². The molecule has 16 heavy (non-hydrogen) atoms. The van der Waals surface area contributed by atoms with Gasteiger partial charge in [0.2, 0.25) is 0 Å². The number of carbonyl (C=O) groups excluding carboxylic acids is 1. The molecule has 1 aliphatic rings. The monoisotopic (exact) mass is 215 g/mol. The molecule has 0 bridgehead atoms. The second-order valence-electron chi connectivity index (χ2n) is 3.71. The quantitative estimate of drug-likeness (QED) is 0.561. The van der Waals surface area contributed by atoms with Crippen molar-refractivity contribution in [3.05, 3.63) is 41.0 Å². The molecule has 0 spiro atoms. The van der Waals surface area contributed by atoms with Crippen molar-refractivity contribution in [3.63, 3.8) is 0 Å². The molecule has 1 aliphatic heterocycles. The highest BCUT2D eigenvalue weighted by atomic mass is 16.7. The Hall–Kier alpha value is -1.90. The van der Waals surface area contributed by atoms with Gasteiger partial charge in [-0.1, -0.05) is 36.3 Å². The van der Waals surface area contributed by atoms with Gasteiger partial charge in [0.15, 0.2) is 0 Å². The van der Waals surface area contributed by atoms with Crippen LogP contribution in [0.15, 0.2) is 35.0 Å². The molecule has 3 heteroatoms. The largest absolute Gasteiger partial charge is 0.367 e. The molecule has 0 aliphatic carbocycles. The molecule has 1 aromatic carbocycles. The van der Waals surface area contributed by atoms with Gasteiger partial charge in [0.25, 0.3) is 0 Å². The summed E-state index contributed by atoms with van der Waals surface area (Å²) < 4.78 is 0. The maximum atomic E-state index is 11.3. The molecule has 3 nitrogen and oxygen atoms in total. The Morgan fingerprint density at radius 3 is 2.50 bits per heavy atom.